The summed E-state index contributed by atoms with van der Waals surface area (Å²) in [7, 11) is 0. The van der Waals surface area contributed by atoms with Crippen LogP contribution in [0.2, 0.25) is 0 Å². The van der Waals surface area contributed by atoms with Crippen molar-refractivity contribution < 1.29 is 4.79 Å². The maximum atomic E-state index is 12.2. The third-order valence-electron chi connectivity index (χ3n) is 5.31. The largest absolute Gasteiger partial charge is 0.352 e. The van der Waals surface area contributed by atoms with E-state index in [1.807, 2.05) is 11.0 Å². The monoisotopic (exact) mass is 366 g/mol. The molecule has 0 saturated carbocycles. The standard InChI is InChI=1S/C22H30N4O/c1-15(2)12-22(27)26-10-8-25(9-11-26)21-7-6-20(23-24-21)19-14-17(4)16(3)13-18(19)5/h6-7,13-15H,8-12H2,1-5H3. The molecule has 5 heteroatoms. The minimum Gasteiger partial charge on any atom is -0.352 e. The van der Waals surface area contributed by atoms with E-state index in [1.165, 1.54) is 16.7 Å². The van der Waals surface area contributed by atoms with Crippen molar-refractivity contribution in [2.45, 2.75) is 41.0 Å². The third kappa shape index (κ3) is 4.46. The second kappa shape index (κ2) is 8.07. The average Bonchev–Trinajstić information content (AvgIpc) is 2.64. The average molecular weight is 367 g/mol. The number of carbonyl (C=O) groups excluding carboxylic acids is 1. The molecule has 2 heterocycles. The smallest absolute Gasteiger partial charge is 0.222 e. The zero-order chi connectivity index (χ0) is 19.6. The fraction of sp³-hybridized carbons (Fsp3) is 0.500. The van der Waals surface area contributed by atoms with E-state index in [4.69, 9.17) is 0 Å². The van der Waals surface area contributed by atoms with E-state index in [0.29, 0.717) is 12.3 Å². The van der Waals surface area contributed by atoms with Crippen LogP contribution in [0.1, 0.15) is 37.0 Å². The predicted molar refractivity (Wildman–Crippen MR) is 110 cm³/mol. The molecule has 1 saturated heterocycles. The van der Waals surface area contributed by atoms with Gasteiger partial charge in [-0.25, -0.2) is 0 Å². The Morgan fingerprint density at radius 3 is 2.22 bits per heavy atom. The van der Waals surface area contributed by atoms with Crippen molar-refractivity contribution >= 4 is 11.7 Å². The van der Waals surface area contributed by atoms with Gasteiger partial charge >= 0.3 is 0 Å². The lowest BCUT2D eigenvalue weighted by Gasteiger charge is -2.35. The normalized spacial score (nSPS) is 14.7. The van der Waals surface area contributed by atoms with Crippen molar-refractivity contribution in [1.82, 2.24) is 15.1 Å². The highest BCUT2D eigenvalue weighted by atomic mass is 16.2. The molecule has 2 aromatic rings. The maximum absolute atomic E-state index is 12.2. The highest BCUT2D eigenvalue weighted by Gasteiger charge is 2.22. The zero-order valence-corrected chi connectivity index (χ0v) is 17.1. The summed E-state index contributed by atoms with van der Waals surface area (Å²) in [5.74, 6) is 1.55. The second-order valence-corrected chi connectivity index (χ2v) is 7.99. The Labute approximate surface area is 162 Å². The number of carbonyl (C=O) groups is 1. The van der Waals surface area contributed by atoms with Crippen LogP contribution in [-0.4, -0.2) is 47.2 Å². The molecule has 0 aliphatic carbocycles. The highest BCUT2D eigenvalue weighted by molar-refractivity contribution is 5.76. The van der Waals surface area contributed by atoms with E-state index < -0.39 is 0 Å². The first-order valence-electron chi connectivity index (χ1n) is 9.80. The summed E-state index contributed by atoms with van der Waals surface area (Å²) in [4.78, 5) is 16.4. The molecule has 0 spiro atoms. The maximum Gasteiger partial charge on any atom is 0.222 e. The molecule has 1 aliphatic rings. The van der Waals surface area contributed by atoms with E-state index in [2.05, 4.69) is 67.9 Å². The van der Waals surface area contributed by atoms with Gasteiger partial charge in [-0.15, -0.1) is 10.2 Å². The van der Waals surface area contributed by atoms with Crippen LogP contribution >= 0.6 is 0 Å². The first kappa shape index (κ1) is 19.3. The summed E-state index contributed by atoms with van der Waals surface area (Å²) in [6, 6.07) is 8.49. The molecule has 3 rings (SSSR count). The highest BCUT2D eigenvalue weighted by Crippen LogP contribution is 2.25. The van der Waals surface area contributed by atoms with Gasteiger partial charge in [-0.05, 0) is 61.6 Å². The molecule has 0 radical (unpaired) electrons. The number of hydrogen-bond donors (Lipinski definition) is 0. The molecule has 0 atom stereocenters. The second-order valence-electron chi connectivity index (χ2n) is 7.99. The lowest BCUT2D eigenvalue weighted by molar-refractivity contribution is -0.132. The first-order valence-corrected chi connectivity index (χ1v) is 9.80. The third-order valence-corrected chi connectivity index (χ3v) is 5.31. The van der Waals surface area contributed by atoms with Gasteiger partial charge in [0.25, 0.3) is 0 Å². The Morgan fingerprint density at radius 2 is 1.63 bits per heavy atom. The van der Waals surface area contributed by atoms with E-state index >= 15 is 0 Å². The van der Waals surface area contributed by atoms with Crippen LogP contribution in [0.5, 0.6) is 0 Å². The number of aryl methyl sites for hydroxylation is 3. The van der Waals surface area contributed by atoms with Crippen molar-refractivity contribution in [2.24, 2.45) is 5.92 Å². The fourth-order valence-electron chi connectivity index (χ4n) is 3.54. The topological polar surface area (TPSA) is 49.3 Å². The quantitative estimate of drug-likeness (QED) is 0.827. The summed E-state index contributed by atoms with van der Waals surface area (Å²) in [5, 5.41) is 8.94. The fourth-order valence-corrected chi connectivity index (χ4v) is 3.54. The molecule has 1 amide bonds. The van der Waals surface area contributed by atoms with Gasteiger partial charge in [0.1, 0.15) is 0 Å². The van der Waals surface area contributed by atoms with Crippen molar-refractivity contribution in [1.29, 1.82) is 0 Å². The molecule has 5 nitrogen and oxygen atoms in total. The van der Waals surface area contributed by atoms with Gasteiger partial charge in [-0.2, -0.15) is 0 Å². The molecule has 1 aromatic carbocycles. The van der Waals surface area contributed by atoms with Gasteiger partial charge in [-0.3, -0.25) is 4.79 Å². The summed E-state index contributed by atoms with van der Waals surface area (Å²) in [6.07, 6.45) is 0.629. The number of aromatic nitrogens is 2. The minimum absolute atomic E-state index is 0.260. The van der Waals surface area contributed by atoms with Gasteiger partial charge in [-0.1, -0.05) is 19.9 Å². The number of piperazine rings is 1. The van der Waals surface area contributed by atoms with E-state index in [1.54, 1.807) is 0 Å². The number of hydrogen-bond acceptors (Lipinski definition) is 4. The summed E-state index contributed by atoms with van der Waals surface area (Å²) < 4.78 is 0. The summed E-state index contributed by atoms with van der Waals surface area (Å²) in [5.41, 5.74) is 5.83. The lowest BCUT2D eigenvalue weighted by Crippen LogP contribution is -2.49. The van der Waals surface area contributed by atoms with Gasteiger partial charge in [0.05, 0.1) is 5.69 Å². The Balaban J connectivity index is 1.67. The SMILES string of the molecule is Cc1cc(C)c(-c2ccc(N3CCN(C(=O)CC(C)C)CC3)nn2)cc1C. The van der Waals surface area contributed by atoms with Gasteiger partial charge in [0.2, 0.25) is 5.91 Å². The number of nitrogens with zero attached hydrogens (tertiary/aromatic N) is 4. The van der Waals surface area contributed by atoms with Crippen LogP contribution in [-0.2, 0) is 4.79 Å². The van der Waals surface area contributed by atoms with E-state index in [-0.39, 0.29) is 5.91 Å². The molecule has 0 bridgehead atoms. The van der Waals surface area contributed by atoms with Crippen LogP contribution in [0.3, 0.4) is 0 Å². The van der Waals surface area contributed by atoms with Gasteiger partial charge in [0, 0.05) is 38.2 Å². The number of rotatable bonds is 4. The van der Waals surface area contributed by atoms with Crippen LogP contribution < -0.4 is 4.90 Å². The van der Waals surface area contributed by atoms with Crippen LogP contribution in [0, 0.1) is 26.7 Å². The Hall–Kier alpha value is -2.43. The predicted octanol–water partition coefficient (Wildman–Crippen LogP) is 3.76. The Morgan fingerprint density at radius 1 is 0.963 bits per heavy atom. The number of anilines is 1. The van der Waals surface area contributed by atoms with Crippen molar-refractivity contribution in [3.8, 4) is 11.3 Å². The Bertz CT molecular complexity index is 806. The summed E-state index contributed by atoms with van der Waals surface area (Å²) in [6.45, 7) is 13.7. The van der Waals surface area contributed by atoms with Crippen LogP contribution in [0.15, 0.2) is 24.3 Å². The zero-order valence-electron chi connectivity index (χ0n) is 17.1. The lowest BCUT2D eigenvalue weighted by atomic mass is 9.99. The molecule has 27 heavy (non-hydrogen) atoms. The van der Waals surface area contributed by atoms with Gasteiger partial charge in [0.15, 0.2) is 5.82 Å². The molecular formula is C22H30N4O. The van der Waals surface area contributed by atoms with Crippen molar-refractivity contribution in [3.05, 3.63) is 41.0 Å². The van der Waals surface area contributed by atoms with Crippen LogP contribution in [0.4, 0.5) is 5.82 Å². The number of benzene rings is 1. The molecule has 144 valence electrons. The Kier molecular flexibility index (Phi) is 5.78. The van der Waals surface area contributed by atoms with Crippen molar-refractivity contribution in [3.63, 3.8) is 0 Å². The molecule has 0 unspecified atom stereocenters. The molecule has 1 fully saturated rings. The van der Waals surface area contributed by atoms with Gasteiger partial charge < -0.3 is 9.80 Å². The number of amides is 1. The molecule has 1 aliphatic heterocycles. The summed E-state index contributed by atoms with van der Waals surface area (Å²) >= 11 is 0. The molecular weight excluding hydrogens is 336 g/mol. The van der Waals surface area contributed by atoms with E-state index in [9.17, 15) is 4.79 Å². The first-order chi connectivity index (χ1) is 12.8. The molecule has 0 N–H and O–H groups in total. The van der Waals surface area contributed by atoms with Crippen LogP contribution in [0.25, 0.3) is 11.3 Å². The van der Waals surface area contributed by atoms with E-state index in [0.717, 1.165) is 43.3 Å². The minimum atomic E-state index is 0.260. The molecule has 1 aromatic heterocycles. The van der Waals surface area contributed by atoms with Crippen molar-refractivity contribution in [2.75, 3.05) is 31.1 Å².